The Morgan fingerprint density at radius 1 is 0.969 bits per heavy atom. The molecular formula is C25H31N5O2. The maximum Gasteiger partial charge on any atom is 0.269 e. The van der Waals surface area contributed by atoms with Crippen LogP contribution in [0, 0.1) is 0 Å². The molecular weight excluding hydrogens is 402 g/mol. The summed E-state index contributed by atoms with van der Waals surface area (Å²) >= 11 is 0. The van der Waals surface area contributed by atoms with Crippen LogP contribution in [0.1, 0.15) is 54.8 Å². The molecule has 1 aliphatic heterocycles. The summed E-state index contributed by atoms with van der Waals surface area (Å²) in [6, 6.07) is 13.4. The first kappa shape index (κ1) is 22.0. The van der Waals surface area contributed by atoms with Gasteiger partial charge in [0.25, 0.3) is 5.91 Å². The van der Waals surface area contributed by atoms with Gasteiger partial charge >= 0.3 is 0 Å². The van der Waals surface area contributed by atoms with Crippen molar-refractivity contribution in [2.45, 2.75) is 51.5 Å². The molecule has 1 N–H and O–H groups in total. The molecule has 0 bridgehead atoms. The van der Waals surface area contributed by atoms with Crippen molar-refractivity contribution in [2.24, 2.45) is 0 Å². The second-order valence-electron chi connectivity index (χ2n) is 8.29. The zero-order chi connectivity index (χ0) is 22.2. The van der Waals surface area contributed by atoms with Crippen LogP contribution in [0.3, 0.4) is 0 Å². The number of benzene rings is 1. The average molecular weight is 434 g/mol. The summed E-state index contributed by atoms with van der Waals surface area (Å²) in [5, 5.41) is 2.92. The molecule has 2 aromatic heterocycles. The van der Waals surface area contributed by atoms with Crippen molar-refractivity contribution in [1.29, 1.82) is 0 Å². The number of fused-ring (bicyclic) bond motifs is 1. The lowest BCUT2D eigenvalue weighted by molar-refractivity contribution is -0.131. The second-order valence-corrected chi connectivity index (χ2v) is 8.29. The van der Waals surface area contributed by atoms with Crippen molar-refractivity contribution in [3.63, 3.8) is 0 Å². The van der Waals surface area contributed by atoms with E-state index in [-0.39, 0.29) is 11.8 Å². The molecule has 4 rings (SSSR count). The van der Waals surface area contributed by atoms with Crippen LogP contribution in [0.15, 0.2) is 48.7 Å². The number of aryl methyl sites for hydroxylation is 2. The van der Waals surface area contributed by atoms with E-state index in [2.05, 4.69) is 20.9 Å². The second kappa shape index (κ2) is 10.9. The molecule has 32 heavy (non-hydrogen) atoms. The van der Waals surface area contributed by atoms with E-state index >= 15 is 0 Å². The van der Waals surface area contributed by atoms with E-state index in [0.717, 1.165) is 55.6 Å². The van der Waals surface area contributed by atoms with E-state index in [4.69, 9.17) is 4.98 Å². The first-order valence-corrected chi connectivity index (χ1v) is 11.6. The number of carbonyl (C=O) groups is 2. The van der Waals surface area contributed by atoms with Gasteiger partial charge in [-0.2, -0.15) is 0 Å². The SMILES string of the molecule is O=C(NCCCc1nc2ccccc2n1CCC(=O)N1CCCCCC1)c1ccccn1. The normalized spacial score (nSPS) is 14.3. The minimum atomic E-state index is -0.165. The number of hydrogen-bond donors (Lipinski definition) is 1. The Hall–Kier alpha value is -3.22. The Labute approximate surface area is 188 Å². The van der Waals surface area contributed by atoms with Crippen LogP contribution >= 0.6 is 0 Å². The Morgan fingerprint density at radius 2 is 1.75 bits per heavy atom. The molecule has 1 fully saturated rings. The number of hydrogen-bond acceptors (Lipinski definition) is 4. The van der Waals surface area contributed by atoms with E-state index < -0.39 is 0 Å². The summed E-state index contributed by atoms with van der Waals surface area (Å²) in [4.78, 5) is 35.9. The maximum atomic E-state index is 12.8. The van der Waals surface area contributed by atoms with Crippen LogP contribution in [0.25, 0.3) is 11.0 Å². The van der Waals surface area contributed by atoms with Gasteiger partial charge in [-0.1, -0.05) is 31.0 Å². The van der Waals surface area contributed by atoms with E-state index in [1.807, 2.05) is 23.1 Å². The zero-order valence-electron chi connectivity index (χ0n) is 18.5. The number of nitrogens with one attached hydrogen (secondary N) is 1. The van der Waals surface area contributed by atoms with Crippen molar-refractivity contribution in [2.75, 3.05) is 19.6 Å². The standard InChI is InChI=1S/C25H31N5O2/c31-24(29-17-7-1-2-8-18-29)14-19-30-22-12-4-3-10-20(22)28-23(30)13-9-16-27-25(32)21-11-5-6-15-26-21/h3-6,10-12,15H,1-2,7-9,13-14,16-19H2,(H,27,32). The molecule has 3 aromatic rings. The minimum absolute atomic E-state index is 0.165. The van der Waals surface area contributed by atoms with Gasteiger partial charge < -0.3 is 14.8 Å². The highest BCUT2D eigenvalue weighted by atomic mass is 16.2. The number of imidazole rings is 1. The van der Waals surface area contributed by atoms with Crippen LogP contribution < -0.4 is 5.32 Å². The van der Waals surface area contributed by atoms with Gasteiger partial charge in [0.1, 0.15) is 11.5 Å². The van der Waals surface area contributed by atoms with Gasteiger partial charge in [0.2, 0.25) is 5.91 Å². The molecule has 1 aromatic carbocycles. The molecule has 168 valence electrons. The number of rotatable bonds is 8. The van der Waals surface area contributed by atoms with Gasteiger partial charge in [-0.25, -0.2) is 4.98 Å². The predicted octanol–water partition coefficient (Wildman–Crippen LogP) is 3.59. The van der Waals surface area contributed by atoms with Crippen LogP contribution in [0.5, 0.6) is 0 Å². The van der Waals surface area contributed by atoms with Gasteiger partial charge in [-0.3, -0.25) is 14.6 Å². The molecule has 3 heterocycles. The minimum Gasteiger partial charge on any atom is -0.351 e. The number of para-hydroxylation sites is 2. The molecule has 0 spiro atoms. The van der Waals surface area contributed by atoms with E-state index in [1.54, 1.807) is 24.4 Å². The largest absolute Gasteiger partial charge is 0.351 e. The summed E-state index contributed by atoms with van der Waals surface area (Å²) < 4.78 is 2.17. The summed E-state index contributed by atoms with van der Waals surface area (Å²) in [5.74, 6) is 1.03. The Bertz CT molecular complexity index is 1040. The van der Waals surface area contributed by atoms with Crippen molar-refractivity contribution >= 4 is 22.8 Å². The molecule has 7 nitrogen and oxygen atoms in total. The number of aromatic nitrogens is 3. The van der Waals surface area contributed by atoms with Gasteiger partial charge in [0.05, 0.1) is 11.0 Å². The number of nitrogens with zero attached hydrogens (tertiary/aromatic N) is 4. The van der Waals surface area contributed by atoms with E-state index in [1.165, 1.54) is 12.8 Å². The third-order valence-electron chi connectivity index (χ3n) is 6.00. The van der Waals surface area contributed by atoms with Crippen molar-refractivity contribution in [3.05, 3.63) is 60.2 Å². The van der Waals surface area contributed by atoms with Crippen molar-refractivity contribution in [1.82, 2.24) is 24.8 Å². The lowest BCUT2D eigenvalue weighted by Gasteiger charge is -2.20. The van der Waals surface area contributed by atoms with Gasteiger partial charge in [0.15, 0.2) is 0 Å². The number of likely N-dealkylation sites (tertiary alicyclic amines) is 1. The topological polar surface area (TPSA) is 80.1 Å². The predicted molar refractivity (Wildman–Crippen MR) is 124 cm³/mol. The lowest BCUT2D eigenvalue weighted by atomic mass is 10.2. The summed E-state index contributed by atoms with van der Waals surface area (Å²) in [7, 11) is 0. The highest BCUT2D eigenvalue weighted by molar-refractivity contribution is 5.92. The summed E-state index contributed by atoms with van der Waals surface area (Å²) in [5.41, 5.74) is 2.43. The van der Waals surface area contributed by atoms with E-state index in [0.29, 0.717) is 25.2 Å². The third-order valence-corrected chi connectivity index (χ3v) is 6.00. The molecule has 1 saturated heterocycles. The third kappa shape index (κ3) is 5.52. The van der Waals surface area contributed by atoms with Gasteiger partial charge in [-0.05, 0) is 43.5 Å². The van der Waals surface area contributed by atoms with Crippen LogP contribution in [-0.2, 0) is 17.8 Å². The van der Waals surface area contributed by atoms with Crippen molar-refractivity contribution in [3.8, 4) is 0 Å². The Morgan fingerprint density at radius 3 is 2.53 bits per heavy atom. The molecule has 2 amide bonds. The Balaban J connectivity index is 1.36. The summed E-state index contributed by atoms with van der Waals surface area (Å²) in [6.45, 7) is 2.94. The molecule has 0 atom stereocenters. The fourth-order valence-corrected chi connectivity index (χ4v) is 4.29. The fourth-order valence-electron chi connectivity index (χ4n) is 4.29. The molecule has 0 unspecified atom stereocenters. The van der Waals surface area contributed by atoms with Crippen molar-refractivity contribution < 1.29 is 9.59 Å². The molecule has 0 radical (unpaired) electrons. The zero-order valence-corrected chi connectivity index (χ0v) is 18.5. The average Bonchev–Trinajstić information content (AvgIpc) is 2.98. The quantitative estimate of drug-likeness (QED) is 0.551. The highest BCUT2D eigenvalue weighted by Gasteiger charge is 2.17. The number of amides is 2. The molecule has 7 heteroatoms. The van der Waals surface area contributed by atoms with Crippen LogP contribution in [-0.4, -0.2) is 50.9 Å². The van der Waals surface area contributed by atoms with Crippen LogP contribution in [0.4, 0.5) is 0 Å². The van der Waals surface area contributed by atoms with E-state index in [9.17, 15) is 9.59 Å². The van der Waals surface area contributed by atoms with Gasteiger partial charge in [-0.15, -0.1) is 0 Å². The van der Waals surface area contributed by atoms with Gasteiger partial charge in [0, 0.05) is 45.2 Å². The summed E-state index contributed by atoms with van der Waals surface area (Å²) in [6.07, 6.45) is 8.25. The number of pyridine rings is 1. The first-order chi connectivity index (χ1) is 15.7. The highest BCUT2D eigenvalue weighted by Crippen LogP contribution is 2.18. The smallest absolute Gasteiger partial charge is 0.269 e. The van der Waals surface area contributed by atoms with Crippen LogP contribution in [0.2, 0.25) is 0 Å². The maximum absolute atomic E-state index is 12.8. The lowest BCUT2D eigenvalue weighted by Crippen LogP contribution is -2.32. The molecule has 0 aliphatic carbocycles. The monoisotopic (exact) mass is 433 g/mol. The Kier molecular flexibility index (Phi) is 7.48. The molecule has 1 aliphatic rings. The number of carbonyl (C=O) groups excluding carboxylic acids is 2. The first-order valence-electron chi connectivity index (χ1n) is 11.6. The molecule has 0 saturated carbocycles. The fraction of sp³-hybridized carbons (Fsp3) is 0.440.